The molecule has 0 radical (unpaired) electrons. The Hall–Kier alpha value is -1.28. The number of unbranched alkanes of at least 4 members (excludes halogenated alkanes) is 7. The molecule has 40 heavy (non-hydrogen) atoms. The number of nitrogens with one attached hydrogen (secondary N) is 1. The summed E-state index contributed by atoms with van der Waals surface area (Å²) in [7, 11) is 1.58. The summed E-state index contributed by atoms with van der Waals surface area (Å²) < 4.78 is 23.1. The van der Waals surface area contributed by atoms with Crippen molar-refractivity contribution < 1.29 is 32.9 Å². The van der Waals surface area contributed by atoms with Gasteiger partial charge in [-0.3, -0.25) is 13.8 Å². The number of nitrogens with zero attached hydrogens (tertiary/aromatic N) is 1. The van der Waals surface area contributed by atoms with E-state index in [0.717, 1.165) is 77.0 Å². The van der Waals surface area contributed by atoms with Crippen LogP contribution in [0.3, 0.4) is 0 Å². The topological polar surface area (TPSA) is 105 Å². The van der Waals surface area contributed by atoms with Gasteiger partial charge < -0.3 is 19.8 Å². The predicted octanol–water partition coefficient (Wildman–Crippen LogP) is 6.84. The number of phosphoric acid groups is 1. The number of hydrogen-bond acceptors (Lipinski definition) is 5. The summed E-state index contributed by atoms with van der Waals surface area (Å²) in [6.07, 6.45) is 25.3. The summed E-state index contributed by atoms with van der Waals surface area (Å²) in [5, 5.41) is 13.5. The Kier molecular flexibility index (Phi) is 23.6. The van der Waals surface area contributed by atoms with E-state index in [9.17, 15) is 19.4 Å². The Balaban J connectivity index is 4.32. The molecule has 0 aromatic rings. The quantitative estimate of drug-likeness (QED) is 0.0443. The third kappa shape index (κ3) is 25.7. The van der Waals surface area contributed by atoms with Crippen molar-refractivity contribution in [1.29, 1.82) is 0 Å². The normalized spacial score (nSPS) is 15.7. The molecule has 9 heteroatoms. The number of carbonyl (C=O) groups is 1. The highest BCUT2D eigenvalue weighted by molar-refractivity contribution is 7.47. The maximum atomic E-state index is 12.6. The van der Waals surface area contributed by atoms with E-state index in [1.807, 2.05) is 21.1 Å². The van der Waals surface area contributed by atoms with E-state index in [-0.39, 0.29) is 19.1 Å². The third-order valence-electron chi connectivity index (χ3n) is 6.40. The highest BCUT2D eigenvalue weighted by Gasteiger charge is 2.28. The summed E-state index contributed by atoms with van der Waals surface area (Å²) in [6.45, 7) is 4.55. The van der Waals surface area contributed by atoms with Crippen LogP contribution in [0.5, 0.6) is 0 Å². The number of rotatable bonds is 26. The van der Waals surface area contributed by atoms with Crippen LogP contribution in [0.15, 0.2) is 36.5 Å². The van der Waals surface area contributed by atoms with E-state index in [1.165, 1.54) is 0 Å². The number of quaternary nitrogens is 1. The number of allylic oxidation sites excluding steroid dienone is 6. The standard InChI is InChI=1S/C31H59N2O6P/c1-6-8-10-11-12-13-14-15-16-17-18-19-20-21-23-25-31(35)32-29(30(34)24-22-9-7-2)28-39-40(36,37)38-27-26-33(3,4)5/h8,10,12-13,15-16,29-30,34H,6-7,9,11,14,17-28H2,1-5H3,(H-,32,35,36,37)/p+1/b10-8-,13-12-,16-15-. The predicted molar refractivity (Wildman–Crippen MR) is 166 cm³/mol. The van der Waals surface area contributed by atoms with Crippen molar-refractivity contribution in [1.82, 2.24) is 5.32 Å². The first-order chi connectivity index (χ1) is 19.0. The van der Waals surface area contributed by atoms with Crippen LogP contribution < -0.4 is 5.32 Å². The van der Waals surface area contributed by atoms with Gasteiger partial charge in [-0.15, -0.1) is 0 Å². The molecule has 0 aromatic heterocycles. The van der Waals surface area contributed by atoms with Crippen LogP contribution in [-0.4, -0.2) is 73.4 Å². The first-order valence-electron chi connectivity index (χ1n) is 15.4. The number of aliphatic hydroxyl groups excluding tert-OH is 1. The molecular formula is C31H60N2O6P+. The van der Waals surface area contributed by atoms with Gasteiger partial charge >= 0.3 is 7.82 Å². The van der Waals surface area contributed by atoms with Gasteiger partial charge in [0, 0.05) is 6.42 Å². The van der Waals surface area contributed by atoms with E-state index in [4.69, 9.17) is 9.05 Å². The van der Waals surface area contributed by atoms with Crippen LogP contribution in [0.25, 0.3) is 0 Å². The molecule has 0 fully saturated rings. The highest BCUT2D eigenvalue weighted by Crippen LogP contribution is 2.43. The maximum Gasteiger partial charge on any atom is 0.472 e. The minimum absolute atomic E-state index is 0.0676. The lowest BCUT2D eigenvalue weighted by Crippen LogP contribution is -2.46. The molecule has 0 aliphatic rings. The first kappa shape index (κ1) is 38.7. The minimum Gasteiger partial charge on any atom is -0.391 e. The molecule has 0 saturated heterocycles. The molecule has 8 nitrogen and oxygen atoms in total. The maximum absolute atomic E-state index is 12.6. The Labute approximate surface area is 245 Å². The van der Waals surface area contributed by atoms with E-state index < -0.39 is 20.0 Å². The fraction of sp³-hybridized carbons (Fsp3) is 0.774. The van der Waals surface area contributed by atoms with Crippen molar-refractivity contribution >= 4 is 13.7 Å². The van der Waals surface area contributed by atoms with Crippen LogP contribution >= 0.6 is 7.82 Å². The summed E-state index contributed by atoms with van der Waals surface area (Å²) in [4.78, 5) is 22.6. The van der Waals surface area contributed by atoms with Crippen LogP contribution in [0.2, 0.25) is 0 Å². The summed E-state index contributed by atoms with van der Waals surface area (Å²) in [5.74, 6) is -0.178. The third-order valence-corrected chi connectivity index (χ3v) is 7.39. The molecule has 3 unspecified atom stereocenters. The van der Waals surface area contributed by atoms with Gasteiger partial charge in [-0.25, -0.2) is 4.57 Å². The van der Waals surface area contributed by atoms with Gasteiger partial charge in [-0.1, -0.05) is 88.8 Å². The number of phosphoric ester groups is 1. The summed E-state index contributed by atoms with van der Waals surface area (Å²) >= 11 is 0. The average molecular weight is 588 g/mol. The molecule has 0 spiro atoms. The SMILES string of the molecule is CC/C=C\C/C=C\C/C=C\CCCCCCCC(=O)NC(COP(=O)(O)OCC[N+](C)(C)C)C(O)CCCCC. The number of aliphatic hydroxyl groups is 1. The molecule has 0 aromatic carbocycles. The molecule has 0 bridgehead atoms. The monoisotopic (exact) mass is 587 g/mol. The summed E-state index contributed by atoms with van der Waals surface area (Å²) in [6, 6.07) is -0.763. The second-order valence-corrected chi connectivity index (χ2v) is 12.9. The minimum atomic E-state index is -4.28. The van der Waals surface area contributed by atoms with Gasteiger partial charge in [-0.05, 0) is 44.9 Å². The lowest BCUT2D eigenvalue weighted by Gasteiger charge is -2.26. The summed E-state index contributed by atoms with van der Waals surface area (Å²) in [5.41, 5.74) is 0. The van der Waals surface area contributed by atoms with Crippen molar-refractivity contribution in [2.45, 2.75) is 116 Å². The van der Waals surface area contributed by atoms with Gasteiger partial charge in [-0.2, -0.15) is 0 Å². The van der Waals surface area contributed by atoms with E-state index >= 15 is 0 Å². The Morgan fingerprint density at radius 2 is 1.50 bits per heavy atom. The lowest BCUT2D eigenvalue weighted by atomic mass is 10.0. The smallest absolute Gasteiger partial charge is 0.391 e. The van der Waals surface area contributed by atoms with Gasteiger partial charge in [0.15, 0.2) is 0 Å². The Morgan fingerprint density at radius 3 is 2.15 bits per heavy atom. The van der Waals surface area contributed by atoms with Crippen molar-refractivity contribution in [2.24, 2.45) is 0 Å². The van der Waals surface area contributed by atoms with Crippen LogP contribution in [0.1, 0.15) is 104 Å². The van der Waals surface area contributed by atoms with Crippen LogP contribution in [0.4, 0.5) is 0 Å². The number of hydrogen-bond donors (Lipinski definition) is 3. The van der Waals surface area contributed by atoms with Gasteiger partial charge in [0.05, 0.1) is 39.9 Å². The van der Waals surface area contributed by atoms with Crippen molar-refractivity contribution in [3.63, 3.8) is 0 Å². The molecule has 0 rings (SSSR count). The molecule has 0 saturated carbocycles. The highest BCUT2D eigenvalue weighted by atomic mass is 31.2. The van der Waals surface area contributed by atoms with E-state index in [2.05, 4.69) is 55.6 Å². The molecule has 3 N–H and O–H groups in total. The number of carbonyl (C=O) groups excluding carboxylic acids is 1. The van der Waals surface area contributed by atoms with E-state index in [0.29, 0.717) is 23.9 Å². The van der Waals surface area contributed by atoms with Crippen molar-refractivity contribution in [2.75, 3.05) is 40.9 Å². The zero-order chi connectivity index (χ0) is 30.1. The molecule has 234 valence electrons. The van der Waals surface area contributed by atoms with Gasteiger partial charge in [0.1, 0.15) is 13.2 Å². The fourth-order valence-corrected chi connectivity index (χ4v) is 4.61. The molecule has 0 aliphatic heterocycles. The fourth-order valence-electron chi connectivity index (χ4n) is 3.88. The second-order valence-electron chi connectivity index (χ2n) is 11.4. The Morgan fingerprint density at radius 1 is 0.875 bits per heavy atom. The average Bonchev–Trinajstić information content (AvgIpc) is 2.88. The van der Waals surface area contributed by atoms with Crippen molar-refractivity contribution in [3.05, 3.63) is 36.5 Å². The largest absolute Gasteiger partial charge is 0.472 e. The Bertz CT molecular complexity index is 763. The molecule has 0 aliphatic carbocycles. The lowest BCUT2D eigenvalue weighted by molar-refractivity contribution is -0.870. The van der Waals surface area contributed by atoms with E-state index in [1.54, 1.807) is 0 Å². The molecule has 0 heterocycles. The zero-order valence-electron chi connectivity index (χ0n) is 26.1. The van der Waals surface area contributed by atoms with Crippen LogP contribution in [0, 0.1) is 0 Å². The van der Waals surface area contributed by atoms with Crippen LogP contribution in [-0.2, 0) is 18.4 Å². The second kappa shape index (κ2) is 24.3. The number of likely N-dealkylation sites (N-methyl/N-ethyl adjacent to an activating group) is 1. The number of amides is 1. The molecule has 1 amide bonds. The van der Waals surface area contributed by atoms with Gasteiger partial charge in [0.25, 0.3) is 0 Å². The van der Waals surface area contributed by atoms with Crippen molar-refractivity contribution in [3.8, 4) is 0 Å². The zero-order valence-corrected chi connectivity index (χ0v) is 27.0. The van der Waals surface area contributed by atoms with Gasteiger partial charge in [0.2, 0.25) is 5.91 Å². The molecular weight excluding hydrogens is 527 g/mol. The first-order valence-corrected chi connectivity index (χ1v) is 16.8. The molecule has 3 atom stereocenters.